The van der Waals surface area contributed by atoms with Gasteiger partial charge in [0.05, 0.1) is 19.8 Å². The molecule has 1 rings (SSSR count). The zero-order valence-electron chi connectivity index (χ0n) is 11.4. The van der Waals surface area contributed by atoms with Gasteiger partial charge in [-0.25, -0.2) is 0 Å². The maximum atomic E-state index is 12.4. The van der Waals surface area contributed by atoms with Crippen molar-refractivity contribution >= 4 is 5.91 Å². The van der Waals surface area contributed by atoms with E-state index in [-0.39, 0.29) is 5.91 Å². The Morgan fingerprint density at radius 2 is 1.84 bits per heavy atom. The maximum absolute atomic E-state index is 12.4. The predicted molar refractivity (Wildman–Crippen MR) is 75.8 cm³/mol. The lowest BCUT2D eigenvalue weighted by Crippen LogP contribution is -2.31. The second-order valence-corrected chi connectivity index (χ2v) is 3.85. The van der Waals surface area contributed by atoms with Gasteiger partial charge in [-0.1, -0.05) is 12.2 Å². The van der Waals surface area contributed by atoms with Crippen molar-refractivity contribution in [2.45, 2.75) is 0 Å². The quantitative estimate of drug-likeness (QED) is 0.708. The van der Waals surface area contributed by atoms with Crippen molar-refractivity contribution in [3.05, 3.63) is 49.1 Å². The van der Waals surface area contributed by atoms with Gasteiger partial charge >= 0.3 is 0 Å². The molecule has 4 nitrogen and oxygen atoms in total. The zero-order valence-corrected chi connectivity index (χ0v) is 11.4. The van der Waals surface area contributed by atoms with Crippen molar-refractivity contribution in [1.82, 2.24) is 4.90 Å². The van der Waals surface area contributed by atoms with Gasteiger partial charge in [-0.3, -0.25) is 4.79 Å². The van der Waals surface area contributed by atoms with Gasteiger partial charge in [0.2, 0.25) is 0 Å². The van der Waals surface area contributed by atoms with Crippen LogP contribution in [-0.4, -0.2) is 38.1 Å². The second-order valence-electron chi connectivity index (χ2n) is 3.85. The van der Waals surface area contributed by atoms with Gasteiger partial charge < -0.3 is 14.4 Å². The molecule has 19 heavy (non-hydrogen) atoms. The minimum Gasteiger partial charge on any atom is -0.497 e. The summed E-state index contributed by atoms with van der Waals surface area (Å²) in [6, 6.07) is 5.11. The number of rotatable bonds is 7. The number of carbonyl (C=O) groups is 1. The van der Waals surface area contributed by atoms with Crippen molar-refractivity contribution < 1.29 is 14.3 Å². The summed E-state index contributed by atoms with van der Waals surface area (Å²) >= 11 is 0. The summed E-state index contributed by atoms with van der Waals surface area (Å²) in [5.41, 5.74) is 0.493. The molecule has 0 fully saturated rings. The summed E-state index contributed by atoms with van der Waals surface area (Å²) in [5.74, 6) is 1.01. The third-order valence-electron chi connectivity index (χ3n) is 2.63. The first-order chi connectivity index (χ1) is 9.17. The lowest BCUT2D eigenvalue weighted by molar-refractivity contribution is 0.0787. The zero-order chi connectivity index (χ0) is 14.3. The Labute approximate surface area is 113 Å². The molecule has 0 atom stereocenters. The van der Waals surface area contributed by atoms with Crippen LogP contribution in [0.5, 0.6) is 11.5 Å². The van der Waals surface area contributed by atoms with E-state index in [1.54, 1.807) is 42.4 Å². The molecule has 4 heteroatoms. The van der Waals surface area contributed by atoms with Crippen LogP contribution in [0, 0.1) is 0 Å². The van der Waals surface area contributed by atoms with Crippen LogP contribution in [0.15, 0.2) is 43.5 Å². The van der Waals surface area contributed by atoms with E-state index in [0.717, 1.165) is 0 Å². The van der Waals surface area contributed by atoms with E-state index in [9.17, 15) is 4.79 Å². The molecule has 1 amide bonds. The van der Waals surface area contributed by atoms with Gasteiger partial charge in [0.25, 0.3) is 5.91 Å². The first kappa shape index (κ1) is 14.8. The average Bonchev–Trinajstić information content (AvgIpc) is 2.45. The minimum atomic E-state index is -0.126. The fraction of sp³-hybridized carbons (Fsp3) is 0.267. The third-order valence-corrected chi connectivity index (χ3v) is 2.63. The van der Waals surface area contributed by atoms with Gasteiger partial charge in [0.1, 0.15) is 11.5 Å². The molecule has 0 spiro atoms. The molecule has 0 saturated carbocycles. The Kier molecular flexibility index (Phi) is 5.67. The predicted octanol–water partition coefficient (Wildman–Crippen LogP) is 2.52. The number of ether oxygens (including phenoxy) is 2. The summed E-state index contributed by atoms with van der Waals surface area (Å²) in [5, 5.41) is 0. The van der Waals surface area contributed by atoms with Crippen molar-refractivity contribution in [1.29, 1.82) is 0 Å². The van der Waals surface area contributed by atoms with Gasteiger partial charge in [-0.2, -0.15) is 0 Å². The van der Waals surface area contributed by atoms with Crippen molar-refractivity contribution in [3.8, 4) is 11.5 Å². The highest BCUT2D eigenvalue weighted by Crippen LogP contribution is 2.25. The van der Waals surface area contributed by atoms with Gasteiger partial charge in [0.15, 0.2) is 0 Å². The fourth-order valence-electron chi connectivity index (χ4n) is 1.70. The standard InChI is InChI=1S/C15H19NO3/c1-5-9-16(10-6-2)15(17)13-8-7-12(18-3)11-14(13)19-4/h5-8,11H,1-2,9-10H2,3-4H3. The van der Waals surface area contributed by atoms with Crippen LogP contribution in [-0.2, 0) is 0 Å². The van der Waals surface area contributed by atoms with Gasteiger partial charge in [0, 0.05) is 19.2 Å². The van der Waals surface area contributed by atoms with Crippen LogP contribution >= 0.6 is 0 Å². The van der Waals surface area contributed by atoms with Crippen LogP contribution in [0.25, 0.3) is 0 Å². The minimum absolute atomic E-state index is 0.126. The molecule has 0 bridgehead atoms. The smallest absolute Gasteiger partial charge is 0.258 e. The number of hydrogen-bond acceptors (Lipinski definition) is 3. The van der Waals surface area contributed by atoms with E-state index in [0.29, 0.717) is 30.2 Å². The molecule has 0 heterocycles. The highest BCUT2D eigenvalue weighted by molar-refractivity contribution is 5.97. The lowest BCUT2D eigenvalue weighted by atomic mass is 10.1. The van der Waals surface area contributed by atoms with E-state index >= 15 is 0 Å². The first-order valence-electron chi connectivity index (χ1n) is 5.91. The average molecular weight is 261 g/mol. The van der Waals surface area contributed by atoms with E-state index < -0.39 is 0 Å². The monoisotopic (exact) mass is 261 g/mol. The summed E-state index contributed by atoms with van der Waals surface area (Å²) in [6.45, 7) is 8.22. The molecule has 102 valence electrons. The van der Waals surface area contributed by atoms with Crippen LogP contribution < -0.4 is 9.47 Å². The van der Waals surface area contributed by atoms with Gasteiger partial charge in [-0.15, -0.1) is 13.2 Å². The van der Waals surface area contributed by atoms with E-state index in [4.69, 9.17) is 9.47 Å². The van der Waals surface area contributed by atoms with Gasteiger partial charge in [-0.05, 0) is 12.1 Å². The SMILES string of the molecule is C=CCN(CC=C)C(=O)c1ccc(OC)cc1OC. The third kappa shape index (κ3) is 3.61. The molecule has 0 aromatic heterocycles. The number of hydrogen-bond donors (Lipinski definition) is 0. The number of nitrogens with zero attached hydrogens (tertiary/aromatic N) is 1. The maximum Gasteiger partial charge on any atom is 0.258 e. The Morgan fingerprint density at radius 1 is 1.21 bits per heavy atom. The number of benzene rings is 1. The summed E-state index contributed by atoms with van der Waals surface area (Å²) in [4.78, 5) is 14.0. The Balaban J connectivity index is 3.08. The van der Waals surface area contributed by atoms with Crippen molar-refractivity contribution in [2.24, 2.45) is 0 Å². The molecule has 0 N–H and O–H groups in total. The molecule has 0 radical (unpaired) electrons. The number of methoxy groups -OCH3 is 2. The van der Waals surface area contributed by atoms with Crippen LogP contribution in [0.4, 0.5) is 0 Å². The summed E-state index contributed by atoms with van der Waals surface area (Å²) in [7, 11) is 3.09. The molecular formula is C15H19NO3. The summed E-state index contributed by atoms with van der Waals surface area (Å²) in [6.07, 6.45) is 3.36. The molecule has 0 unspecified atom stereocenters. The summed E-state index contributed by atoms with van der Waals surface area (Å²) < 4.78 is 10.3. The normalized spacial score (nSPS) is 9.58. The topological polar surface area (TPSA) is 38.8 Å². The molecule has 0 aliphatic heterocycles. The second kappa shape index (κ2) is 7.26. The Hall–Kier alpha value is -2.23. The Bertz CT molecular complexity index is 458. The molecule has 0 saturated heterocycles. The highest BCUT2D eigenvalue weighted by atomic mass is 16.5. The molecule has 0 aliphatic carbocycles. The van der Waals surface area contributed by atoms with Crippen LogP contribution in [0.3, 0.4) is 0 Å². The molecule has 1 aromatic carbocycles. The van der Waals surface area contributed by atoms with Crippen molar-refractivity contribution in [2.75, 3.05) is 27.3 Å². The Morgan fingerprint density at radius 3 is 2.32 bits per heavy atom. The van der Waals surface area contributed by atoms with Crippen LogP contribution in [0.2, 0.25) is 0 Å². The lowest BCUT2D eigenvalue weighted by Gasteiger charge is -2.20. The number of carbonyl (C=O) groups excluding carboxylic acids is 1. The molecule has 1 aromatic rings. The largest absolute Gasteiger partial charge is 0.497 e. The van der Waals surface area contributed by atoms with E-state index in [1.165, 1.54) is 7.11 Å². The fourth-order valence-corrected chi connectivity index (χ4v) is 1.70. The van der Waals surface area contributed by atoms with E-state index in [1.807, 2.05) is 0 Å². The molecular weight excluding hydrogens is 242 g/mol. The first-order valence-corrected chi connectivity index (χ1v) is 5.91. The number of amides is 1. The highest BCUT2D eigenvalue weighted by Gasteiger charge is 2.18. The van der Waals surface area contributed by atoms with E-state index in [2.05, 4.69) is 13.2 Å². The van der Waals surface area contributed by atoms with Crippen LogP contribution in [0.1, 0.15) is 10.4 Å². The van der Waals surface area contributed by atoms with Crippen molar-refractivity contribution in [3.63, 3.8) is 0 Å². The molecule has 0 aliphatic rings.